The molecule has 0 aliphatic carbocycles. The lowest BCUT2D eigenvalue weighted by Crippen LogP contribution is -2.22. The third-order valence-electron chi connectivity index (χ3n) is 5.56. The molecule has 0 atom stereocenters. The minimum absolute atomic E-state index is 0.0135. The number of nitro benzene ring substituents is 1. The van der Waals surface area contributed by atoms with Crippen LogP contribution in [-0.4, -0.2) is 39.9 Å². The van der Waals surface area contributed by atoms with Gasteiger partial charge in [0.15, 0.2) is 12.4 Å². The molecule has 1 heterocycles. The van der Waals surface area contributed by atoms with Gasteiger partial charge in [0.25, 0.3) is 11.5 Å². The molecule has 13 heteroatoms. The maximum absolute atomic E-state index is 13.8. The molecule has 11 nitrogen and oxygen atoms in total. The monoisotopic (exact) mass is 611 g/mol. The number of benzene rings is 3. The van der Waals surface area contributed by atoms with Crippen LogP contribution < -0.4 is 20.3 Å². The number of nitro groups is 1. The Morgan fingerprint density at radius 2 is 1.98 bits per heavy atom. The number of para-hydroxylation sites is 1. The minimum Gasteiger partial charge on any atom is -0.490 e. The van der Waals surface area contributed by atoms with E-state index in [9.17, 15) is 24.1 Å². The molecule has 40 heavy (non-hydrogen) atoms. The number of carbonyl (C=O) groups is 1. The highest BCUT2D eigenvalue weighted by atomic mass is 79.9. The Morgan fingerprint density at radius 1 is 1.20 bits per heavy atom. The van der Waals surface area contributed by atoms with Crippen LogP contribution in [-0.2, 0) is 11.2 Å². The summed E-state index contributed by atoms with van der Waals surface area (Å²) in [6, 6.07) is 13.3. The molecular formula is C27H23BrFN5O6. The van der Waals surface area contributed by atoms with E-state index in [2.05, 4.69) is 31.3 Å². The zero-order chi connectivity index (χ0) is 28.8. The molecule has 0 bridgehead atoms. The number of hydrogen-bond donors (Lipinski definition) is 1. The number of aromatic nitrogens is 2. The topological polar surface area (TPSA) is 138 Å². The fraction of sp³-hybridized carbons (Fsp3) is 0.185. The summed E-state index contributed by atoms with van der Waals surface area (Å²) < 4.78 is 26.7. The first-order valence-electron chi connectivity index (χ1n) is 12.1. The molecule has 4 aromatic rings. The zero-order valence-electron chi connectivity index (χ0n) is 21.4. The first-order chi connectivity index (χ1) is 19.2. The lowest BCUT2D eigenvalue weighted by molar-refractivity contribution is -0.385. The van der Waals surface area contributed by atoms with Gasteiger partial charge in [0.1, 0.15) is 11.6 Å². The Balaban J connectivity index is 1.67. The summed E-state index contributed by atoms with van der Waals surface area (Å²) >= 11 is 3.35. The Bertz CT molecular complexity index is 1690. The number of nitrogens with zero attached hydrogens (tertiary/aromatic N) is 4. The lowest BCUT2D eigenvalue weighted by atomic mass is 10.2. The minimum atomic E-state index is -0.727. The van der Waals surface area contributed by atoms with Crippen molar-refractivity contribution in [3.05, 3.63) is 96.7 Å². The van der Waals surface area contributed by atoms with Gasteiger partial charge in [-0.3, -0.25) is 19.7 Å². The molecule has 0 saturated heterocycles. The molecule has 4 rings (SSSR count). The zero-order valence-corrected chi connectivity index (χ0v) is 23.0. The van der Waals surface area contributed by atoms with Crippen LogP contribution in [0.5, 0.6) is 11.5 Å². The average Bonchev–Trinajstić information content (AvgIpc) is 2.93. The Hall–Kier alpha value is -4.65. The van der Waals surface area contributed by atoms with E-state index in [4.69, 9.17) is 9.47 Å². The van der Waals surface area contributed by atoms with Crippen LogP contribution in [0.15, 0.2) is 69.0 Å². The van der Waals surface area contributed by atoms with Crippen LogP contribution in [0.25, 0.3) is 10.9 Å². The molecule has 1 amide bonds. The Kier molecular flexibility index (Phi) is 8.84. The molecule has 1 N–H and O–H groups in total. The summed E-state index contributed by atoms with van der Waals surface area (Å²) in [5, 5.41) is 18.9. The third kappa shape index (κ3) is 6.31. The number of ether oxygens (including phenoxy) is 2. The van der Waals surface area contributed by atoms with Crippen molar-refractivity contribution in [2.75, 3.05) is 18.5 Å². The standard InChI is InChI=1S/C27H23BrFN5O6/c1-3-24-31-20-10-9-17(28)13-18(20)27(36)33(24)30-14-16-11-22(34(37)38)26(23(12-16)39-4-2)40-15-25(35)32-21-8-6-5-7-19(21)29/h5-14H,3-4,15H2,1-2H3,(H,32,35). The number of amides is 1. The van der Waals surface area contributed by atoms with Crippen molar-refractivity contribution in [1.82, 2.24) is 9.66 Å². The quantitative estimate of drug-likeness (QED) is 0.150. The van der Waals surface area contributed by atoms with Gasteiger partial charge in [-0.05, 0) is 43.3 Å². The van der Waals surface area contributed by atoms with Crippen molar-refractivity contribution >= 4 is 50.3 Å². The fourth-order valence-corrected chi connectivity index (χ4v) is 4.14. The van der Waals surface area contributed by atoms with E-state index in [-0.39, 0.29) is 29.4 Å². The molecule has 0 saturated carbocycles. The molecule has 206 valence electrons. The number of rotatable bonds is 10. The van der Waals surface area contributed by atoms with Crippen LogP contribution in [0.3, 0.4) is 0 Å². The summed E-state index contributed by atoms with van der Waals surface area (Å²) in [4.78, 5) is 41.2. The van der Waals surface area contributed by atoms with E-state index in [1.54, 1.807) is 31.2 Å². The van der Waals surface area contributed by atoms with Crippen molar-refractivity contribution in [3.8, 4) is 11.5 Å². The number of carbonyl (C=O) groups excluding carboxylic acids is 1. The van der Waals surface area contributed by atoms with Crippen molar-refractivity contribution < 1.29 is 23.6 Å². The van der Waals surface area contributed by atoms with Crippen LogP contribution in [0, 0.1) is 15.9 Å². The molecule has 3 aromatic carbocycles. The average molecular weight is 612 g/mol. The smallest absolute Gasteiger partial charge is 0.315 e. The maximum Gasteiger partial charge on any atom is 0.315 e. The first kappa shape index (κ1) is 28.4. The summed E-state index contributed by atoms with van der Waals surface area (Å²) in [7, 11) is 0. The Morgan fingerprint density at radius 3 is 2.67 bits per heavy atom. The lowest BCUT2D eigenvalue weighted by Gasteiger charge is -2.13. The Labute approximate surface area is 235 Å². The van der Waals surface area contributed by atoms with Gasteiger partial charge in [-0.25, -0.2) is 9.37 Å². The van der Waals surface area contributed by atoms with Crippen molar-refractivity contribution in [2.24, 2.45) is 5.10 Å². The molecule has 0 aliphatic rings. The fourth-order valence-electron chi connectivity index (χ4n) is 3.78. The van der Waals surface area contributed by atoms with Gasteiger partial charge in [-0.2, -0.15) is 9.78 Å². The molecule has 0 fully saturated rings. The van der Waals surface area contributed by atoms with Gasteiger partial charge >= 0.3 is 5.69 Å². The van der Waals surface area contributed by atoms with Crippen LogP contribution in [0.2, 0.25) is 0 Å². The van der Waals surface area contributed by atoms with Crippen LogP contribution in [0.1, 0.15) is 25.2 Å². The van der Waals surface area contributed by atoms with Crippen molar-refractivity contribution in [2.45, 2.75) is 20.3 Å². The molecule has 0 spiro atoms. The van der Waals surface area contributed by atoms with E-state index in [1.165, 1.54) is 36.5 Å². The second kappa shape index (κ2) is 12.5. The molecule has 1 aromatic heterocycles. The number of anilines is 1. The van der Waals surface area contributed by atoms with Gasteiger partial charge in [-0.15, -0.1) is 0 Å². The summed E-state index contributed by atoms with van der Waals surface area (Å²) in [6.07, 6.45) is 1.68. The molecule has 0 unspecified atom stereocenters. The third-order valence-corrected chi connectivity index (χ3v) is 6.06. The highest BCUT2D eigenvalue weighted by Crippen LogP contribution is 2.38. The van der Waals surface area contributed by atoms with Crippen LogP contribution in [0.4, 0.5) is 15.8 Å². The normalized spacial score (nSPS) is 11.1. The predicted octanol–water partition coefficient (Wildman–Crippen LogP) is 5.07. The van der Waals surface area contributed by atoms with Gasteiger partial charge in [-0.1, -0.05) is 35.0 Å². The molecule has 0 radical (unpaired) electrons. The van der Waals surface area contributed by atoms with Crippen molar-refractivity contribution in [3.63, 3.8) is 0 Å². The van der Waals surface area contributed by atoms with Gasteiger partial charge < -0.3 is 14.8 Å². The van der Waals surface area contributed by atoms with Crippen LogP contribution >= 0.6 is 15.9 Å². The van der Waals surface area contributed by atoms with E-state index in [1.807, 2.05) is 6.92 Å². The summed E-state index contributed by atoms with van der Waals surface area (Å²) in [6.45, 7) is 2.99. The first-order valence-corrected chi connectivity index (χ1v) is 12.9. The second-order valence-corrected chi connectivity index (χ2v) is 9.19. The van der Waals surface area contributed by atoms with Gasteiger partial charge in [0.05, 0.1) is 34.3 Å². The maximum atomic E-state index is 13.8. The number of hydrogen-bond acceptors (Lipinski definition) is 8. The highest BCUT2D eigenvalue weighted by Gasteiger charge is 2.24. The molecule has 0 aliphatic heterocycles. The predicted molar refractivity (Wildman–Crippen MR) is 151 cm³/mol. The summed E-state index contributed by atoms with van der Waals surface area (Å²) in [5.41, 5.74) is -0.193. The van der Waals surface area contributed by atoms with Gasteiger partial charge in [0, 0.05) is 22.5 Å². The number of aryl methyl sites for hydroxylation is 1. The van der Waals surface area contributed by atoms with Crippen molar-refractivity contribution in [1.29, 1.82) is 0 Å². The van der Waals surface area contributed by atoms with E-state index < -0.39 is 34.5 Å². The molecular weight excluding hydrogens is 589 g/mol. The second-order valence-electron chi connectivity index (χ2n) is 8.28. The summed E-state index contributed by atoms with van der Waals surface area (Å²) in [5.74, 6) is -1.26. The largest absolute Gasteiger partial charge is 0.490 e. The highest BCUT2D eigenvalue weighted by molar-refractivity contribution is 9.10. The number of fused-ring (bicyclic) bond motifs is 1. The number of halogens is 2. The van der Waals surface area contributed by atoms with E-state index in [0.29, 0.717) is 27.6 Å². The number of nitrogens with one attached hydrogen (secondary N) is 1. The van der Waals surface area contributed by atoms with Gasteiger partial charge in [0.2, 0.25) is 5.75 Å². The van der Waals surface area contributed by atoms with E-state index in [0.717, 1.165) is 4.68 Å². The SMILES string of the molecule is CCOc1cc(C=Nn2c(CC)nc3ccc(Br)cc3c2=O)cc([N+](=O)[O-])c1OCC(=O)Nc1ccccc1F. The van der Waals surface area contributed by atoms with E-state index >= 15 is 0 Å².